The standard InChI is InChI=1S/C10H22N2O/c1-12(7-9-13-8-6-11)10-4-2-3-5-10/h10H,2-9,11H2,1H3. The van der Waals surface area contributed by atoms with Gasteiger partial charge in [-0.1, -0.05) is 12.8 Å². The highest BCUT2D eigenvalue weighted by molar-refractivity contribution is 4.74. The molecule has 78 valence electrons. The lowest BCUT2D eigenvalue weighted by Gasteiger charge is -2.23. The van der Waals surface area contributed by atoms with Gasteiger partial charge in [-0.15, -0.1) is 0 Å². The Labute approximate surface area is 81.2 Å². The van der Waals surface area contributed by atoms with Gasteiger partial charge >= 0.3 is 0 Å². The first-order valence-electron chi connectivity index (χ1n) is 5.32. The van der Waals surface area contributed by atoms with Gasteiger partial charge in [0.15, 0.2) is 0 Å². The average Bonchev–Trinajstić information content (AvgIpc) is 2.65. The molecule has 0 bridgehead atoms. The topological polar surface area (TPSA) is 38.5 Å². The van der Waals surface area contributed by atoms with Crippen molar-refractivity contribution in [2.75, 3.05) is 33.4 Å². The molecule has 13 heavy (non-hydrogen) atoms. The molecule has 0 aromatic carbocycles. The summed E-state index contributed by atoms with van der Waals surface area (Å²) in [6, 6.07) is 0.807. The second-order valence-corrected chi connectivity index (χ2v) is 3.82. The molecule has 0 spiro atoms. The van der Waals surface area contributed by atoms with E-state index in [0.717, 1.165) is 19.2 Å². The largest absolute Gasteiger partial charge is 0.379 e. The fourth-order valence-corrected chi connectivity index (χ4v) is 1.92. The minimum absolute atomic E-state index is 0.632. The van der Waals surface area contributed by atoms with E-state index in [1.54, 1.807) is 0 Å². The molecule has 0 radical (unpaired) electrons. The average molecular weight is 186 g/mol. The van der Waals surface area contributed by atoms with Crippen LogP contribution in [-0.2, 0) is 4.74 Å². The summed E-state index contributed by atoms with van der Waals surface area (Å²) in [7, 11) is 2.20. The van der Waals surface area contributed by atoms with Crippen LogP contribution in [0.1, 0.15) is 25.7 Å². The van der Waals surface area contributed by atoms with Gasteiger partial charge < -0.3 is 15.4 Å². The highest BCUT2D eigenvalue weighted by atomic mass is 16.5. The van der Waals surface area contributed by atoms with Gasteiger partial charge in [0.2, 0.25) is 0 Å². The first-order chi connectivity index (χ1) is 6.34. The maximum absolute atomic E-state index is 5.35. The molecule has 0 unspecified atom stereocenters. The molecule has 0 atom stereocenters. The van der Waals surface area contributed by atoms with Gasteiger partial charge in [-0.2, -0.15) is 0 Å². The first-order valence-corrected chi connectivity index (χ1v) is 5.32. The Kier molecular flexibility index (Phi) is 5.35. The quantitative estimate of drug-likeness (QED) is 0.625. The van der Waals surface area contributed by atoms with Gasteiger partial charge in [0.25, 0.3) is 0 Å². The molecule has 0 aliphatic heterocycles. The van der Waals surface area contributed by atoms with Crippen molar-refractivity contribution in [1.29, 1.82) is 0 Å². The van der Waals surface area contributed by atoms with E-state index in [-0.39, 0.29) is 0 Å². The Hall–Kier alpha value is -0.120. The molecule has 0 amide bonds. The summed E-state index contributed by atoms with van der Waals surface area (Å²) in [6.07, 6.45) is 5.54. The van der Waals surface area contributed by atoms with Crippen LogP contribution in [0.15, 0.2) is 0 Å². The Balaban J connectivity index is 1.99. The predicted octanol–water partition coefficient (Wildman–Crippen LogP) is 0.836. The second-order valence-electron chi connectivity index (χ2n) is 3.82. The summed E-state index contributed by atoms with van der Waals surface area (Å²) in [4.78, 5) is 2.42. The summed E-state index contributed by atoms with van der Waals surface area (Å²) < 4.78 is 5.35. The van der Waals surface area contributed by atoms with E-state index >= 15 is 0 Å². The van der Waals surface area contributed by atoms with E-state index in [1.165, 1.54) is 25.7 Å². The summed E-state index contributed by atoms with van der Waals surface area (Å²) >= 11 is 0. The van der Waals surface area contributed by atoms with Crippen molar-refractivity contribution in [3.63, 3.8) is 0 Å². The molecule has 1 aliphatic rings. The zero-order valence-corrected chi connectivity index (χ0v) is 8.67. The molecule has 1 saturated carbocycles. The minimum Gasteiger partial charge on any atom is -0.379 e. The Morgan fingerprint density at radius 3 is 2.62 bits per heavy atom. The van der Waals surface area contributed by atoms with Crippen LogP contribution in [0.4, 0.5) is 0 Å². The minimum atomic E-state index is 0.632. The molecule has 3 heteroatoms. The molecular weight excluding hydrogens is 164 g/mol. The Bertz CT molecular complexity index is 124. The summed E-state index contributed by atoms with van der Waals surface area (Å²) in [5.74, 6) is 0. The number of hydrogen-bond acceptors (Lipinski definition) is 3. The van der Waals surface area contributed by atoms with Crippen LogP contribution in [0.25, 0.3) is 0 Å². The van der Waals surface area contributed by atoms with Crippen molar-refractivity contribution in [2.24, 2.45) is 5.73 Å². The number of ether oxygens (including phenoxy) is 1. The van der Waals surface area contributed by atoms with Crippen LogP contribution in [0.2, 0.25) is 0 Å². The third-order valence-corrected chi connectivity index (χ3v) is 2.80. The van der Waals surface area contributed by atoms with Gasteiger partial charge in [0.05, 0.1) is 13.2 Å². The van der Waals surface area contributed by atoms with Crippen molar-refractivity contribution in [3.05, 3.63) is 0 Å². The molecule has 3 nitrogen and oxygen atoms in total. The highest BCUT2D eigenvalue weighted by Gasteiger charge is 2.18. The number of likely N-dealkylation sites (N-methyl/N-ethyl adjacent to an activating group) is 1. The number of nitrogens with zero attached hydrogens (tertiary/aromatic N) is 1. The third-order valence-electron chi connectivity index (χ3n) is 2.80. The summed E-state index contributed by atoms with van der Waals surface area (Å²) in [5, 5.41) is 0. The van der Waals surface area contributed by atoms with E-state index in [2.05, 4.69) is 11.9 Å². The van der Waals surface area contributed by atoms with Gasteiger partial charge in [-0.05, 0) is 19.9 Å². The van der Waals surface area contributed by atoms with E-state index in [9.17, 15) is 0 Å². The van der Waals surface area contributed by atoms with E-state index in [4.69, 9.17) is 10.5 Å². The second kappa shape index (κ2) is 6.35. The predicted molar refractivity (Wildman–Crippen MR) is 54.8 cm³/mol. The van der Waals surface area contributed by atoms with Crippen LogP contribution < -0.4 is 5.73 Å². The van der Waals surface area contributed by atoms with Gasteiger partial charge in [-0.3, -0.25) is 0 Å². The zero-order chi connectivity index (χ0) is 9.52. The van der Waals surface area contributed by atoms with E-state index < -0.39 is 0 Å². The number of rotatable bonds is 6. The monoisotopic (exact) mass is 186 g/mol. The van der Waals surface area contributed by atoms with Crippen LogP contribution in [-0.4, -0.2) is 44.3 Å². The third kappa shape index (κ3) is 4.07. The molecule has 2 N–H and O–H groups in total. The van der Waals surface area contributed by atoms with Gasteiger partial charge in [0, 0.05) is 19.1 Å². The SMILES string of the molecule is CN(CCOCCN)C1CCCC1. The highest BCUT2D eigenvalue weighted by Crippen LogP contribution is 2.21. The first kappa shape index (κ1) is 11.0. The number of nitrogens with two attached hydrogens (primary N) is 1. The lowest BCUT2D eigenvalue weighted by atomic mass is 10.2. The molecule has 0 aromatic rings. The maximum atomic E-state index is 5.35. The van der Waals surface area contributed by atoms with Gasteiger partial charge in [0.1, 0.15) is 0 Å². The van der Waals surface area contributed by atoms with Crippen LogP contribution in [0.5, 0.6) is 0 Å². The Morgan fingerprint density at radius 1 is 1.31 bits per heavy atom. The molecule has 1 rings (SSSR count). The van der Waals surface area contributed by atoms with Crippen molar-refractivity contribution in [3.8, 4) is 0 Å². The molecule has 1 fully saturated rings. The van der Waals surface area contributed by atoms with Gasteiger partial charge in [-0.25, -0.2) is 0 Å². The molecule has 0 aromatic heterocycles. The van der Waals surface area contributed by atoms with Crippen molar-refractivity contribution in [2.45, 2.75) is 31.7 Å². The lowest BCUT2D eigenvalue weighted by molar-refractivity contribution is 0.104. The summed E-state index contributed by atoms with van der Waals surface area (Å²) in [6.45, 7) is 3.19. The van der Waals surface area contributed by atoms with Crippen molar-refractivity contribution >= 4 is 0 Å². The normalized spacial score (nSPS) is 18.7. The van der Waals surface area contributed by atoms with Crippen molar-refractivity contribution in [1.82, 2.24) is 4.90 Å². The summed E-state index contributed by atoms with van der Waals surface area (Å²) in [5.41, 5.74) is 5.33. The maximum Gasteiger partial charge on any atom is 0.0594 e. The molecule has 1 aliphatic carbocycles. The molecule has 0 saturated heterocycles. The van der Waals surface area contributed by atoms with Crippen LogP contribution in [0.3, 0.4) is 0 Å². The number of hydrogen-bond donors (Lipinski definition) is 1. The fraction of sp³-hybridized carbons (Fsp3) is 1.00. The van der Waals surface area contributed by atoms with Crippen molar-refractivity contribution < 1.29 is 4.74 Å². The molecule has 0 heterocycles. The fourth-order valence-electron chi connectivity index (χ4n) is 1.92. The smallest absolute Gasteiger partial charge is 0.0594 e. The van der Waals surface area contributed by atoms with E-state index in [0.29, 0.717) is 13.2 Å². The lowest BCUT2D eigenvalue weighted by Crippen LogP contribution is -2.32. The van der Waals surface area contributed by atoms with Crippen LogP contribution >= 0.6 is 0 Å². The van der Waals surface area contributed by atoms with E-state index in [1.807, 2.05) is 0 Å². The zero-order valence-electron chi connectivity index (χ0n) is 8.67. The van der Waals surface area contributed by atoms with Crippen LogP contribution in [0, 0.1) is 0 Å². The molecular formula is C10H22N2O. The Morgan fingerprint density at radius 2 is 2.00 bits per heavy atom.